The van der Waals surface area contributed by atoms with Gasteiger partial charge in [0.1, 0.15) is 10.4 Å². The van der Waals surface area contributed by atoms with Crippen molar-refractivity contribution in [1.82, 2.24) is 19.9 Å². The summed E-state index contributed by atoms with van der Waals surface area (Å²) >= 11 is 9.33. The fraction of sp³-hybridized carbons (Fsp3) is 0.211. The molecule has 0 fully saturated rings. The van der Waals surface area contributed by atoms with Crippen molar-refractivity contribution in [2.24, 2.45) is 0 Å². The van der Waals surface area contributed by atoms with Crippen LogP contribution in [0.25, 0.3) is 11.4 Å². The standard InChI is InChI=1S/C19H16BrClN4O/c20-17-3-1-2-14(22-17)10-25-9-8-16-15(11-25)19(26)24-18(23-16)12-4-6-13(21)7-5-12/h1-7H,8-11H2,(H,23,24,26). The highest BCUT2D eigenvalue weighted by atomic mass is 79.9. The smallest absolute Gasteiger partial charge is 0.255 e. The molecule has 0 atom stereocenters. The second kappa shape index (κ2) is 7.31. The van der Waals surface area contributed by atoms with Crippen LogP contribution in [0.4, 0.5) is 0 Å². The number of fused-ring (bicyclic) bond motifs is 1. The lowest BCUT2D eigenvalue weighted by Crippen LogP contribution is -2.35. The van der Waals surface area contributed by atoms with Crippen LogP contribution in [-0.4, -0.2) is 26.4 Å². The zero-order valence-electron chi connectivity index (χ0n) is 13.9. The minimum atomic E-state index is -0.0770. The van der Waals surface area contributed by atoms with Gasteiger partial charge in [-0.2, -0.15) is 0 Å². The molecule has 0 radical (unpaired) electrons. The van der Waals surface area contributed by atoms with Gasteiger partial charge in [0.15, 0.2) is 0 Å². The topological polar surface area (TPSA) is 61.9 Å². The summed E-state index contributed by atoms with van der Waals surface area (Å²) in [4.78, 5) is 26.9. The second-order valence-electron chi connectivity index (χ2n) is 6.26. The van der Waals surface area contributed by atoms with E-state index in [0.717, 1.165) is 40.1 Å². The molecule has 0 saturated carbocycles. The van der Waals surface area contributed by atoms with Crippen LogP contribution in [0.15, 0.2) is 51.9 Å². The van der Waals surface area contributed by atoms with Gasteiger partial charge in [-0.25, -0.2) is 9.97 Å². The number of nitrogens with one attached hydrogen (secondary N) is 1. The van der Waals surface area contributed by atoms with Crippen molar-refractivity contribution in [2.75, 3.05) is 6.54 Å². The van der Waals surface area contributed by atoms with Crippen molar-refractivity contribution in [2.45, 2.75) is 19.5 Å². The molecule has 4 rings (SSSR count). The van der Waals surface area contributed by atoms with Crippen LogP contribution >= 0.6 is 27.5 Å². The lowest BCUT2D eigenvalue weighted by atomic mass is 10.1. The number of aromatic amines is 1. The van der Waals surface area contributed by atoms with E-state index in [9.17, 15) is 4.79 Å². The summed E-state index contributed by atoms with van der Waals surface area (Å²) in [5.74, 6) is 0.590. The van der Waals surface area contributed by atoms with E-state index in [-0.39, 0.29) is 5.56 Å². The molecule has 0 unspecified atom stereocenters. The summed E-state index contributed by atoms with van der Waals surface area (Å²) < 4.78 is 0.819. The Labute approximate surface area is 164 Å². The lowest BCUT2D eigenvalue weighted by Gasteiger charge is -2.27. The van der Waals surface area contributed by atoms with E-state index < -0.39 is 0 Å². The fourth-order valence-electron chi connectivity index (χ4n) is 3.13. The molecule has 1 aliphatic rings. The van der Waals surface area contributed by atoms with Gasteiger partial charge in [0.2, 0.25) is 0 Å². The summed E-state index contributed by atoms with van der Waals surface area (Å²) in [6.45, 7) is 2.13. The number of H-pyrrole nitrogens is 1. The summed E-state index contributed by atoms with van der Waals surface area (Å²) in [6.07, 6.45) is 0.744. The van der Waals surface area contributed by atoms with Crippen molar-refractivity contribution in [3.63, 3.8) is 0 Å². The molecular formula is C19H16BrClN4O. The zero-order valence-corrected chi connectivity index (χ0v) is 16.2. The number of pyridine rings is 1. The number of halogens is 2. The van der Waals surface area contributed by atoms with E-state index >= 15 is 0 Å². The molecule has 132 valence electrons. The number of hydrogen-bond acceptors (Lipinski definition) is 4. The highest BCUT2D eigenvalue weighted by molar-refractivity contribution is 9.10. The number of aromatic nitrogens is 3. The number of hydrogen-bond donors (Lipinski definition) is 1. The normalized spacial score (nSPS) is 14.2. The highest BCUT2D eigenvalue weighted by Gasteiger charge is 2.22. The van der Waals surface area contributed by atoms with Gasteiger partial charge >= 0.3 is 0 Å². The molecule has 0 saturated heterocycles. The van der Waals surface area contributed by atoms with Gasteiger partial charge in [0.05, 0.1) is 17.0 Å². The SMILES string of the molecule is O=c1[nH]c(-c2ccc(Cl)cc2)nc2c1CN(Cc1cccc(Br)n1)CC2. The van der Waals surface area contributed by atoms with Gasteiger partial charge in [0, 0.05) is 36.6 Å². The summed E-state index contributed by atoms with van der Waals surface area (Å²) in [5, 5.41) is 0.658. The third kappa shape index (κ3) is 3.72. The van der Waals surface area contributed by atoms with Gasteiger partial charge in [-0.05, 0) is 52.3 Å². The predicted molar refractivity (Wildman–Crippen MR) is 105 cm³/mol. The molecule has 1 aliphatic heterocycles. The molecule has 1 N–H and O–H groups in total. The first-order valence-electron chi connectivity index (χ1n) is 8.30. The van der Waals surface area contributed by atoms with Crippen LogP contribution in [0.5, 0.6) is 0 Å². The summed E-state index contributed by atoms with van der Waals surface area (Å²) in [6, 6.07) is 13.2. The number of rotatable bonds is 3. The number of benzene rings is 1. The van der Waals surface area contributed by atoms with Gasteiger partial charge in [-0.1, -0.05) is 17.7 Å². The van der Waals surface area contributed by atoms with Crippen LogP contribution in [0, 0.1) is 0 Å². The first-order valence-corrected chi connectivity index (χ1v) is 9.47. The molecule has 26 heavy (non-hydrogen) atoms. The second-order valence-corrected chi connectivity index (χ2v) is 7.51. The Bertz CT molecular complexity index is 1000. The maximum absolute atomic E-state index is 12.6. The van der Waals surface area contributed by atoms with Crippen LogP contribution in [0.1, 0.15) is 17.0 Å². The maximum Gasteiger partial charge on any atom is 0.255 e. The first-order chi connectivity index (χ1) is 12.6. The molecule has 0 amide bonds. The van der Waals surface area contributed by atoms with Gasteiger partial charge in [-0.3, -0.25) is 9.69 Å². The Balaban J connectivity index is 1.58. The molecule has 0 aliphatic carbocycles. The Morgan fingerprint density at radius 3 is 2.73 bits per heavy atom. The first kappa shape index (κ1) is 17.4. The maximum atomic E-state index is 12.6. The van der Waals surface area contributed by atoms with E-state index in [2.05, 4.69) is 35.8 Å². The largest absolute Gasteiger partial charge is 0.306 e. The Morgan fingerprint density at radius 1 is 1.15 bits per heavy atom. The third-order valence-electron chi connectivity index (χ3n) is 4.42. The molecule has 5 nitrogen and oxygen atoms in total. The molecule has 3 aromatic rings. The van der Waals surface area contributed by atoms with Gasteiger partial charge in [0.25, 0.3) is 5.56 Å². The van der Waals surface area contributed by atoms with Gasteiger partial charge in [-0.15, -0.1) is 0 Å². The highest BCUT2D eigenvalue weighted by Crippen LogP contribution is 2.21. The van der Waals surface area contributed by atoms with Crippen molar-refractivity contribution >= 4 is 27.5 Å². The molecule has 7 heteroatoms. The van der Waals surface area contributed by atoms with Crippen LogP contribution in [-0.2, 0) is 19.5 Å². The van der Waals surface area contributed by atoms with Crippen molar-refractivity contribution in [3.8, 4) is 11.4 Å². The minimum Gasteiger partial charge on any atom is -0.306 e. The predicted octanol–water partition coefficient (Wildman–Crippen LogP) is 3.81. The van der Waals surface area contributed by atoms with Crippen molar-refractivity contribution < 1.29 is 0 Å². The molecule has 0 spiro atoms. The minimum absolute atomic E-state index is 0.0770. The van der Waals surface area contributed by atoms with Crippen LogP contribution in [0.3, 0.4) is 0 Å². The zero-order chi connectivity index (χ0) is 18.1. The molecule has 2 aromatic heterocycles. The van der Waals surface area contributed by atoms with E-state index in [0.29, 0.717) is 23.9 Å². The van der Waals surface area contributed by atoms with Gasteiger partial charge < -0.3 is 4.98 Å². The van der Waals surface area contributed by atoms with E-state index in [1.807, 2.05) is 30.3 Å². The third-order valence-corrected chi connectivity index (χ3v) is 5.12. The Hall–Kier alpha value is -2.02. The molecule has 1 aromatic carbocycles. The van der Waals surface area contributed by atoms with Crippen LogP contribution < -0.4 is 5.56 Å². The van der Waals surface area contributed by atoms with E-state index in [1.165, 1.54) is 0 Å². The molecule has 3 heterocycles. The molecule has 0 bridgehead atoms. The van der Waals surface area contributed by atoms with Crippen molar-refractivity contribution in [1.29, 1.82) is 0 Å². The quantitative estimate of drug-likeness (QED) is 0.641. The summed E-state index contributed by atoms with van der Waals surface area (Å²) in [7, 11) is 0. The Morgan fingerprint density at radius 2 is 1.96 bits per heavy atom. The van der Waals surface area contributed by atoms with Crippen molar-refractivity contribution in [3.05, 3.63) is 79.4 Å². The Kier molecular flexibility index (Phi) is 4.89. The number of nitrogens with zero attached hydrogens (tertiary/aromatic N) is 3. The van der Waals surface area contributed by atoms with E-state index in [4.69, 9.17) is 11.6 Å². The average Bonchev–Trinajstić information content (AvgIpc) is 2.63. The fourth-order valence-corrected chi connectivity index (χ4v) is 3.63. The lowest BCUT2D eigenvalue weighted by molar-refractivity contribution is 0.239. The van der Waals surface area contributed by atoms with Crippen LogP contribution in [0.2, 0.25) is 5.02 Å². The summed E-state index contributed by atoms with van der Waals surface area (Å²) in [5.41, 5.74) is 3.37. The average molecular weight is 432 g/mol. The van der Waals surface area contributed by atoms with E-state index in [1.54, 1.807) is 12.1 Å². The monoisotopic (exact) mass is 430 g/mol. The molecular weight excluding hydrogens is 416 g/mol.